The normalized spacial score (nSPS) is 26.2. The number of rotatable bonds is 2. The summed E-state index contributed by atoms with van der Waals surface area (Å²) < 4.78 is 0. The lowest BCUT2D eigenvalue weighted by Gasteiger charge is -2.32. The molecule has 14 heavy (non-hydrogen) atoms. The summed E-state index contributed by atoms with van der Waals surface area (Å²) in [6.45, 7) is 5.97. The molecule has 0 bridgehead atoms. The molecule has 0 radical (unpaired) electrons. The molecule has 1 atom stereocenters. The molecule has 1 unspecified atom stereocenters. The van der Waals surface area contributed by atoms with Gasteiger partial charge >= 0.3 is 0 Å². The summed E-state index contributed by atoms with van der Waals surface area (Å²) >= 11 is 0. The van der Waals surface area contributed by atoms with Crippen molar-refractivity contribution in [2.75, 3.05) is 13.1 Å². The lowest BCUT2D eigenvalue weighted by molar-refractivity contribution is -0.134. The number of nitrogens with zero attached hydrogens (tertiary/aromatic N) is 2. The van der Waals surface area contributed by atoms with Crippen molar-refractivity contribution in [2.24, 2.45) is 5.92 Å². The highest BCUT2D eigenvalue weighted by Gasteiger charge is 2.34. The second-order valence-corrected chi connectivity index (χ2v) is 4.30. The van der Waals surface area contributed by atoms with Gasteiger partial charge in [0.1, 0.15) is 6.04 Å². The van der Waals surface area contributed by atoms with Gasteiger partial charge < -0.3 is 9.91 Å². The summed E-state index contributed by atoms with van der Waals surface area (Å²) in [7, 11) is 0. The van der Waals surface area contributed by atoms with Crippen LogP contribution in [0.2, 0.25) is 0 Å². The predicted octanol–water partition coefficient (Wildman–Crippen LogP) is 0.535. The second-order valence-electron chi connectivity index (χ2n) is 4.30. The van der Waals surface area contributed by atoms with E-state index in [1.807, 2.05) is 22.3 Å². The van der Waals surface area contributed by atoms with E-state index in [1.165, 1.54) is 0 Å². The van der Waals surface area contributed by atoms with Gasteiger partial charge in [-0.2, -0.15) is 0 Å². The average molecular weight is 195 g/mol. The number of fused-ring (bicyclic) bond motifs is 1. The number of hydrogen-bond acceptors (Lipinski definition) is 3. The van der Waals surface area contributed by atoms with E-state index in [-0.39, 0.29) is 11.9 Å². The van der Waals surface area contributed by atoms with Crippen molar-refractivity contribution in [3.63, 3.8) is 0 Å². The monoisotopic (exact) mass is 195 g/mol. The molecule has 0 spiro atoms. The number of hydrazine groups is 1. The number of amides is 1. The van der Waals surface area contributed by atoms with Crippen molar-refractivity contribution >= 4 is 5.91 Å². The topological polar surface area (TPSA) is 35.6 Å². The average Bonchev–Trinajstić information content (AvgIpc) is 2.57. The molecule has 2 heterocycles. The van der Waals surface area contributed by atoms with Gasteiger partial charge in [-0.3, -0.25) is 4.79 Å². The van der Waals surface area contributed by atoms with Crippen LogP contribution >= 0.6 is 0 Å². The smallest absolute Gasteiger partial charge is 0.250 e. The Bertz CT molecular complexity index is 262. The molecule has 2 rings (SSSR count). The van der Waals surface area contributed by atoms with E-state index in [4.69, 9.17) is 0 Å². The van der Waals surface area contributed by atoms with Crippen molar-refractivity contribution in [3.8, 4) is 0 Å². The van der Waals surface area contributed by atoms with Crippen LogP contribution in [0.4, 0.5) is 0 Å². The minimum absolute atomic E-state index is 0.0266. The lowest BCUT2D eigenvalue weighted by atomic mass is 10.1. The fourth-order valence-electron chi connectivity index (χ4n) is 1.94. The summed E-state index contributed by atoms with van der Waals surface area (Å²) in [6.07, 6.45) is 4.75. The molecule has 2 aliphatic heterocycles. The van der Waals surface area contributed by atoms with E-state index in [0.29, 0.717) is 5.92 Å². The molecule has 1 saturated heterocycles. The Hall–Kier alpha value is -1.03. The van der Waals surface area contributed by atoms with Crippen LogP contribution in [0.1, 0.15) is 20.3 Å². The maximum Gasteiger partial charge on any atom is 0.250 e. The molecule has 0 aromatic heterocycles. The zero-order valence-corrected chi connectivity index (χ0v) is 8.73. The maximum absolute atomic E-state index is 11.9. The molecule has 1 fully saturated rings. The summed E-state index contributed by atoms with van der Waals surface area (Å²) in [4.78, 5) is 13.8. The van der Waals surface area contributed by atoms with E-state index < -0.39 is 0 Å². The van der Waals surface area contributed by atoms with Crippen molar-refractivity contribution in [2.45, 2.75) is 26.3 Å². The van der Waals surface area contributed by atoms with Gasteiger partial charge in [0.25, 0.3) is 5.91 Å². The molecule has 0 aliphatic carbocycles. The number of carbonyl (C=O) groups excluding carboxylic acids is 1. The SMILES string of the molecule is CC(C)CN1C=CN2NCCC2C1=O. The molecule has 1 N–H and O–H groups in total. The van der Waals surface area contributed by atoms with E-state index >= 15 is 0 Å². The minimum atomic E-state index is 0.0266. The van der Waals surface area contributed by atoms with Gasteiger partial charge in [-0.05, 0) is 12.3 Å². The van der Waals surface area contributed by atoms with Crippen LogP contribution in [-0.4, -0.2) is 34.9 Å². The van der Waals surface area contributed by atoms with E-state index in [0.717, 1.165) is 19.5 Å². The highest BCUT2D eigenvalue weighted by molar-refractivity contribution is 5.84. The number of carbonyl (C=O) groups is 1. The Morgan fingerprint density at radius 3 is 3.07 bits per heavy atom. The molecular formula is C10H17N3O. The Kier molecular flexibility index (Phi) is 2.46. The molecule has 2 aliphatic rings. The number of hydrogen-bond donors (Lipinski definition) is 1. The minimum Gasteiger partial charge on any atom is -0.315 e. The quantitative estimate of drug-likeness (QED) is 0.698. The van der Waals surface area contributed by atoms with Crippen LogP contribution in [0, 0.1) is 5.92 Å². The van der Waals surface area contributed by atoms with Crippen LogP contribution in [0.25, 0.3) is 0 Å². The van der Waals surface area contributed by atoms with Crippen LogP contribution in [0.15, 0.2) is 12.4 Å². The Balaban J connectivity index is 2.08. The van der Waals surface area contributed by atoms with Gasteiger partial charge in [-0.15, -0.1) is 0 Å². The van der Waals surface area contributed by atoms with Crippen molar-refractivity contribution in [1.29, 1.82) is 0 Å². The fourth-order valence-corrected chi connectivity index (χ4v) is 1.94. The first kappa shape index (κ1) is 9.52. The first-order valence-corrected chi connectivity index (χ1v) is 5.19. The summed E-state index contributed by atoms with van der Waals surface area (Å²) in [5.74, 6) is 0.746. The summed E-state index contributed by atoms with van der Waals surface area (Å²) in [5, 5.41) is 1.92. The van der Waals surface area contributed by atoms with Gasteiger partial charge in [0.2, 0.25) is 0 Å². The van der Waals surface area contributed by atoms with Crippen LogP contribution in [0.5, 0.6) is 0 Å². The maximum atomic E-state index is 11.9. The van der Waals surface area contributed by atoms with Crippen LogP contribution < -0.4 is 5.43 Å². The third-order valence-electron chi connectivity index (χ3n) is 2.59. The molecule has 0 aromatic carbocycles. The van der Waals surface area contributed by atoms with E-state index in [2.05, 4.69) is 19.3 Å². The zero-order chi connectivity index (χ0) is 10.1. The molecular weight excluding hydrogens is 178 g/mol. The fraction of sp³-hybridized carbons (Fsp3) is 0.700. The largest absolute Gasteiger partial charge is 0.315 e. The van der Waals surface area contributed by atoms with Crippen molar-refractivity contribution in [1.82, 2.24) is 15.3 Å². The van der Waals surface area contributed by atoms with Crippen LogP contribution in [0.3, 0.4) is 0 Å². The molecule has 4 heteroatoms. The van der Waals surface area contributed by atoms with Gasteiger partial charge in [0.15, 0.2) is 0 Å². The highest BCUT2D eigenvalue weighted by Crippen LogP contribution is 2.18. The Labute approximate surface area is 84.5 Å². The van der Waals surface area contributed by atoms with Crippen molar-refractivity contribution in [3.05, 3.63) is 12.4 Å². The Morgan fingerprint density at radius 1 is 1.57 bits per heavy atom. The molecule has 4 nitrogen and oxygen atoms in total. The molecule has 1 amide bonds. The van der Waals surface area contributed by atoms with Gasteiger partial charge in [-0.1, -0.05) is 13.8 Å². The molecule has 0 saturated carbocycles. The third kappa shape index (κ3) is 1.62. The summed E-state index contributed by atoms with van der Waals surface area (Å²) in [5.41, 5.74) is 3.16. The highest BCUT2D eigenvalue weighted by atomic mass is 16.2. The van der Waals surface area contributed by atoms with Gasteiger partial charge in [0, 0.05) is 25.5 Å². The van der Waals surface area contributed by atoms with Crippen molar-refractivity contribution < 1.29 is 4.79 Å². The predicted molar refractivity (Wildman–Crippen MR) is 53.9 cm³/mol. The van der Waals surface area contributed by atoms with Gasteiger partial charge in [0.05, 0.1) is 0 Å². The standard InChI is InChI=1S/C10H17N3O/c1-8(2)7-12-5-6-13-9(10(12)14)3-4-11-13/h5-6,8-9,11H,3-4,7H2,1-2H3. The number of nitrogens with one attached hydrogen (secondary N) is 1. The molecule has 0 aromatic rings. The lowest BCUT2D eigenvalue weighted by Crippen LogP contribution is -2.48. The van der Waals surface area contributed by atoms with E-state index in [9.17, 15) is 4.79 Å². The van der Waals surface area contributed by atoms with E-state index in [1.54, 1.807) is 0 Å². The van der Waals surface area contributed by atoms with Gasteiger partial charge in [-0.25, -0.2) is 5.43 Å². The second kappa shape index (κ2) is 3.61. The first-order valence-electron chi connectivity index (χ1n) is 5.19. The zero-order valence-electron chi connectivity index (χ0n) is 8.73. The van der Waals surface area contributed by atoms with Crippen LogP contribution in [-0.2, 0) is 4.79 Å². The third-order valence-corrected chi connectivity index (χ3v) is 2.59. The Morgan fingerprint density at radius 2 is 2.36 bits per heavy atom. The summed E-state index contributed by atoms with van der Waals surface area (Å²) in [6, 6.07) is 0.0266. The molecule has 78 valence electrons. The first-order chi connectivity index (χ1) is 6.68.